The Kier molecular flexibility index (Phi) is 3.07. The van der Waals surface area contributed by atoms with Gasteiger partial charge in [-0.3, -0.25) is 0 Å². The van der Waals surface area contributed by atoms with Gasteiger partial charge >= 0.3 is 0 Å². The summed E-state index contributed by atoms with van der Waals surface area (Å²) in [5.41, 5.74) is 6.88. The highest BCUT2D eigenvalue weighted by atomic mass is 35.5. The topological polar surface area (TPSA) is 49.8 Å². The van der Waals surface area contributed by atoms with E-state index in [4.69, 9.17) is 22.6 Å². The van der Waals surface area contributed by atoms with Crippen LogP contribution in [0.15, 0.2) is 30.9 Å². The highest BCUT2D eigenvalue weighted by Crippen LogP contribution is 2.25. The van der Waals surface area contributed by atoms with Gasteiger partial charge in [-0.05, 0) is 11.6 Å². The molecule has 13 heavy (non-hydrogen) atoms. The Bertz CT molecular complexity index is 366. The van der Waals surface area contributed by atoms with Crippen LogP contribution in [0.25, 0.3) is 0 Å². The van der Waals surface area contributed by atoms with Crippen molar-refractivity contribution in [3.8, 4) is 6.07 Å². The lowest BCUT2D eigenvalue weighted by Crippen LogP contribution is -2.07. The van der Waals surface area contributed by atoms with Crippen LogP contribution in [0.1, 0.15) is 17.2 Å². The zero-order chi connectivity index (χ0) is 9.84. The number of nitriles is 1. The first-order valence-corrected chi connectivity index (χ1v) is 4.15. The van der Waals surface area contributed by atoms with Crippen LogP contribution in [-0.4, -0.2) is 0 Å². The quantitative estimate of drug-likeness (QED) is 0.732. The van der Waals surface area contributed by atoms with Crippen molar-refractivity contribution in [1.82, 2.24) is 0 Å². The van der Waals surface area contributed by atoms with E-state index < -0.39 is 0 Å². The van der Waals surface area contributed by atoms with Crippen molar-refractivity contribution in [2.24, 2.45) is 5.73 Å². The molecule has 66 valence electrons. The molecule has 0 aromatic heterocycles. The van der Waals surface area contributed by atoms with Crippen molar-refractivity contribution in [3.05, 3.63) is 47.0 Å². The predicted molar refractivity (Wildman–Crippen MR) is 53.3 cm³/mol. The third kappa shape index (κ3) is 1.89. The summed E-state index contributed by atoms with van der Waals surface area (Å²) >= 11 is 5.93. The van der Waals surface area contributed by atoms with Gasteiger partial charge in [-0.25, -0.2) is 0 Å². The molecule has 1 unspecified atom stereocenters. The molecule has 0 fully saturated rings. The maximum atomic E-state index is 8.70. The van der Waals surface area contributed by atoms with Crippen molar-refractivity contribution in [3.63, 3.8) is 0 Å². The summed E-state index contributed by atoms with van der Waals surface area (Å²) in [7, 11) is 0. The zero-order valence-electron chi connectivity index (χ0n) is 7.00. The van der Waals surface area contributed by atoms with E-state index in [1.165, 1.54) is 0 Å². The van der Waals surface area contributed by atoms with Gasteiger partial charge in [-0.1, -0.05) is 29.8 Å². The fourth-order valence-corrected chi connectivity index (χ4v) is 1.31. The molecule has 2 N–H and O–H groups in total. The summed E-state index contributed by atoms with van der Waals surface area (Å²) in [6.45, 7) is 3.57. The van der Waals surface area contributed by atoms with Crippen LogP contribution in [0, 0.1) is 11.3 Å². The number of nitrogens with two attached hydrogens (primary N) is 1. The molecular formula is C10H9ClN2. The maximum absolute atomic E-state index is 8.70. The lowest BCUT2D eigenvalue weighted by atomic mass is 10.1. The molecular weight excluding hydrogens is 184 g/mol. The molecule has 0 heterocycles. The van der Waals surface area contributed by atoms with Gasteiger partial charge < -0.3 is 5.73 Å². The lowest BCUT2D eigenvalue weighted by Gasteiger charge is -2.09. The smallest absolute Gasteiger partial charge is 0.101 e. The van der Waals surface area contributed by atoms with Gasteiger partial charge in [0.05, 0.1) is 10.6 Å². The molecule has 0 aliphatic heterocycles. The molecule has 2 nitrogen and oxygen atoms in total. The first-order valence-electron chi connectivity index (χ1n) is 3.77. The molecule has 0 radical (unpaired) electrons. The van der Waals surface area contributed by atoms with Crippen molar-refractivity contribution in [2.45, 2.75) is 6.04 Å². The van der Waals surface area contributed by atoms with Gasteiger partial charge in [-0.15, -0.1) is 6.58 Å². The Morgan fingerprint density at radius 2 is 2.31 bits per heavy atom. The summed E-state index contributed by atoms with van der Waals surface area (Å²) in [6.07, 6.45) is 1.59. The zero-order valence-corrected chi connectivity index (χ0v) is 7.75. The van der Waals surface area contributed by atoms with Crippen molar-refractivity contribution < 1.29 is 0 Å². The predicted octanol–water partition coefficient (Wildman–Crippen LogP) is 2.40. The third-order valence-electron chi connectivity index (χ3n) is 1.76. The molecule has 0 aliphatic rings. The van der Waals surface area contributed by atoms with Gasteiger partial charge in [-0.2, -0.15) is 5.26 Å². The Morgan fingerprint density at radius 1 is 1.62 bits per heavy atom. The number of hydrogen-bond donors (Lipinski definition) is 1. The van der Waals surface area contributed by atoms with Crippen LogP contribution in [0.2, 0.25) is 5.02 Å². The van der Waals surface area contributed by atoms with Crippen LogP contribution in [0.5, 0.6) is 0 Å². The van der Waals surface area contributed by atoms with Crippen molar-refractivity contribution in [2.75, 3.05) is 0 Å². The lowest BCUT2D eigenvalue weighted by molar-refractivity contribution is 0.914. The van der Waals surface area contributed by atoms with E-state index in [-0.39, 0.29) is 6.04 Å². The molecule has 1 aromatic rings. The first kappa shape index (κ1) is 9.79. The Labute approximate surface area is 82.2 Å². The average Bonchev–Trinajstić information content (AvgIpc) is 2.17. The minimum absolute atomic E-state index is 0.319. The molecule has 3 heteroatoms. The molecule has 0 bridgehead atoms. The molecule has 0 saturated heterocycles. The van der Waals surface area contributed by atoms with Gasteiger partial charge in [0.1, 0.15) is 6.07 Å². The Balaban J connectivity index is 3.25. The van der Waals surface area contributed by atoms with E-state index in [0.29, 0.717) is 10.6 Å². The van der Waals surface area contributed by atoms with Crippen molar-refractivity contribution >= 4 is 11.6 Å². The molecule has 0 aliphatic carbocycles. The highest BCUT2D eigenvalue weighted by molar-refractivity contribution is 6.32. The van der Waals surface area contributed by atoms with E-state index in [9.17, 15) is 0 Å². The summed E-state index contributed by atoms with van der Waals surface area (Å²) in [4.78, 5) is 0. The third-order valence-corrected chi connectivity index (χ3v) is 2.18. The molecule has 1 atom stereocenters. The van der Waals surface area contributed by atoms with E-state index in [2.05, 4.69) is 6.58 Å². The Morgan fingerprint density at radius 3 is 2.85 bits per heavy atom. The molecule has 1 aromatic carbocycles. The van der Waals surface area contributed by atoms with E-state index >= 15 is 0 Å². The van der Waals surface area contributed by atoms with Crippen LogP contribution < -0.4 is 5.73 Å². The monoisotopic (exact) mass is 192 g/mol. The second kappa shape index (κ2) is 4.08. The normalized spacial score (nSPS) is 11.8. The van der Waals surface area contributed by atoms with E-state index in [1.54, 1.807) is 24.3 Å². The number of halogens is 1. The second-order valence-corrected chi connectivity index (χ2v) is 2.96. The molecule has 0 amide bonds. The van der Waals surface area contributed by atoms with Gasteiger partial charge in [0, 0.05) is 6.04 Å². The molecule has 0 saturated carbocycles. The van der Waals surface area contributed by atoms with Crippen LogP contribution >= 0.6 is 11.6 Å². The highest BCUT2D eigenvalue weighted by Gasteiger charge is 2.09. The van der Waals surface area contributed by atoms with Gasteiger partial charge in [0.2, 0.25) is 0 Å². The fraction of sp³-hybridized carbons (Fsp3) is 0.100. The standard InChI is InChI=1S/C10H9ClN2/c1-2-9(13)8-5-3-4-7(6-12)10(8)11/h2-5,9H,1,13H2. The number of rotatable bonds is 2. The van der Waals surface area contributed by atoms with Crippen LogP contribution in [-0.2, 0) is 0 Å². The average molecular weight is 193 g/mol. The van der Waals surface area contributed by atoms with E-state index in [1.807, 2.05) is 6.07 Å². The summed E-state index contributed by atoms with van der Waals surface area (Å²) in [5.74, 6) is 0. The van der Waals surface area contributed by atoms with E-state index in [0.717, 1.165) is 5.56 Å². The summed E-state index contributed by atoms with van der Waals surface area (Å²) in [6, 6.07) is 6.87. The Hall–Kier alpha value is -1.30. The summed E-state index contributed by atoms with van der Waals surface area (Å²) in [5, 5.41) is 9.11. The number of nitrogens with zero attached hydrogens (tertiary/aromatic N) is 1. The molecule has 1 rings (SSSR count). The van der Waals surface area contributed by atoms with Gasteiger partial charge in [0.25, 0.3) is 0 Å². The van der Waals surface area contributed by atoms with Gasteiger partial charge in [0.15, 0.2) is 0 Å². The maximum Gasteiger partial charge on any atom is 0.101 e. The first-order chi connectivity index (χ1) is 6.20. The SMILES string of the molecule is C=CC(N)c1cccc(C#N)c1Cl. The summed E-state index contributed by atoms with van der Waals surface area (Å²) < 4.78 is 0. The minimum Gasteiger partial charge on any atom is -0.321 e. The number of hydrogen-bond acceptors (Lipinski definition) is 2. The van der Waals surface area contributed by atoms with Crippen LogP contribution in [0.4, 0.5) is 0 Å². The fourth-order valence-electron chi connectivity index (χ4n) is 1.02. The minimum atomic E-state index is -0.319. The number of benzene rings is 1. The molecule has 0 spiro atoms. The van der Waals surface area contributed by atoms with Crippen LogP contribution in [0.3, 0.4) is 0 Å². The largest absolute Gasteiger partial charge is 0.321 e. The van der Waals surface area contributed by atoms with Crippen molar-refractivity contribution in [1.29, 1.82) is 5.26 Å². The second-order valence-electron chi connectivity index (χ2n) is 2.58.